The molecule has 0 aromatic rings. The van der Waals surface area contributed by atoms with E-state index >= 15 is 0 Å². The van der Waals surface area contributed by atoms with Gasteiger partial charge in [-0.15, -0.1) is 0 Å². The average Bonchev–Trinajstić information content (AvgIpc) is 2.23. The van der Waals surface area contributed by atoms with Crippen molar-refractivity contribution in [3.05, 3.63) is 0 Å². The molecule has 0 aromatic heterocycles. The van der Waals surface area contributed by atoms with Gasteiger partial charge in [0.15, 0.2) is 0 Å². The number of nitrogens with zero attached hydrogens (tertiary/aromatic N) is 2. The third-order valence-corrected chi connectivity index (χ3v) is 3.81. The van der Waals surface area contributed by atoms with Crippen LogP contribution in [0, 0.1) is 0 Å². The second-order valence-corrected chi connectivity index (χ2v) is 7.29. The minimum atomic E-state index is 0.228. The van der Waals surface area contributed by atoms with Crippen molar-refractivity contribution in [3.8, 4) is 0 Å². The summed E-state index contributed by atoms with van der Waals surface area (Å²) in [5, 5.41) is 0. The highest BCUT2D eigenvalue weighted by Gasteiger charge is 2.36. The molecule has 0 saturated carbocycles. The van der Waals surface area contributed by atoms with Crippen LogP contribution in [-0.4, -0.2) is 59.8 Å². The fourth-order valence-electron chi connectivity index (χ4n) is 2.74. The summed E-state index contributed by atoms with van der Waals surface area (Å²) in [5.74, 6) is 0. The molecule has 108 valence electrons. The van der Waals surface area contributed by atoms with Gasteiger partial charge in [0.1, 0.15) is 0 Å². The van der Waals surface area contributed by atoms with Gasteiger partial charge >= 0.3 is 0 Å². The Morgan fingerprint density at radius 2 is 1.61 bits per heavy atom. The topological polar surface area (TPSA) is 15.7 Å². The molecule has 0 spiro atoms. The molecule has 1 atom stereocenters. The Bertz CT molecular complexity index is 252. The van der Waals surface area contributed by atoms with Crippen molar-refractivity contribution in [2.45, 2.75) is 65.6 Å². The normalized spacial score (nSPS) is 24.5. The van der Waals surface area contributed by atoms with Crippen LogP contribution in [0.1, 0.15) is 48.5 Å². The highest BCUT2D eigenvalue weighted by molar-refractivity contribution is 4.92. The van der Waals surface area contributed by atoms with Crippen molar-refractivity contribution in [2.75, 3.05) is 32.8 Å². The first kappa shape index (κ1) is 15.9. The molecule has 1 unspecified atom stereocenters. The van der Waals surface area contributed by atoms with Crippen molar-refractivity contribution in [2.24, 2.45) is 0 Å². The molecule has 3 nitrogen and oxygen atoms in total. The molecule has 1 fully saturated rings. The molecule has 1 rings (SSSR count). The van der Waals surface area contributed by atoms with Crippen molar-refractivity contribution in [3.63, 3.8) is 0 Å². The fraction of sp³-hybridized carbons (Fsp3) is 1.00. The molecule has 1 aliphatic rings. The third kappa shape index (κ3) is 4.22. The van der Waals surface area contributed by atoms with E-state index in [1.165, 1.54) is 0 Å². The van der Waals surface area contributed by atoms with Crippen LogP contribution in [0.5, 0.6) is 0 Å². The van der Waals surface area contributed by atoms with Crippen LogP contribution in [0.3, 0.4) is 0 Å². The lowest BCUT2D eigenvalue weighted by atomic mass is 9.97. The number of hydrogen-bond donors (Lipinski definition) is 0. The summed E-state index contributed by atoms with van der Waals surface area (Å²) in [4.78, 5) is 5.18. The smallest absolute Gasteiger partial charge is 0.0634 e. The minimum absolute atomic E-state index is 0.228. The minimum Gasteiger partial charge on any atom is -0.380 e. The molecule has 0 aliphatic carbocycles. The molecule has 1 heterocycles. The van der Waals surface area contributed by atoms with Gasteiger partial charge in [-0.3, -0.25) is 9.80 Å². The highest BCUT2D eigenvalue weighted by atomic mass is 16.5. The molecule has 18 heavy (non-hydrogen) atoms. The number of ether oxygens (including phenoxy) is 1. The first-order valence-corrected chi connectivity index (χ1v) is 7.26. The van der Waals surface area contributed by atoms with Crippen LogP contribution < -0.4 is 0 Å². The first-order chi connectivity index (χ1) is 8.16. The lowest BCUT2D eigenvalue weighted by Crippen LogP contribution is -2.63. The zero-order valence-corrected chi connectivity index (χ0v) is 13.4. The zero-order chi connectivity index (χ0) is 14.0. The molecule has 0 N–H and O–H groups in total. The van der Waals surface area contributed by atoms with Crippen molar-refractivity contribution in [1.29, 1.82) is 0 Å². The summed E-state index contributed by atoms with van der Waals surface area (Å²) in [6, 6.07) is 0.512. The summed E-state index contributed by atoms with van der Waals surface area (Å²) in [6.45, 7) is 21.0. The molecule has 0 aromatic carbocycles. The molecule has 3 heteroatoms. The Hall–Kier alpha value is -0.120. The van der Waals surface area contributed by atoms with Crippen LogP contribution in [-0.2, 0) is 4.74 Å². The third-order valence-electron chi connectivity index (χ3n) is 3.81. The van der Waals surface area contributed by atoms with E-state index in [1.807, 2.05) is 0 Å². The Morgan fingerprint density at radius 1 is 1.00 bits per heavy atom. The van der Waals surface area contributed by atoms with E-state index in [0.29, 0.717) is 6.04 Å². The Labute approximate surface area is 113 Å². The maximum absolute atomic E-state index is 5.69. The Kier molecular flexibility index (Phi) is 5.22. The molecule has 0 bridgehead atoms. The summed E-state index contributed by atoms with van der Waals surface area (Å²) < 4.78 is 5.69. The lowest BCUT2D eigenvalue weighted by Gasteiger charge is -2.51. The van der Waals surface area contributed by atoms with E-state index in [4.69, 9.17) is 4.74 Å². The van der Waals surface area contributed by atoms with Crippen LogP contribution in [0.4, 0.5) is 0 Å². The van der Waals surface area contributed by atoms with E-state index in [2.05, 4.69) is 58.3 Å². The Balaban J connectivity index is 2.73. The largest absolute Gasteiger partial charge is 0.380 e. The van der Waals surface area contributed by atoms with E-state index < -0.39 is 0 Å². The molecule has 1 aliphatic heterocycles. The predicted molar refractivity (Wildman–Crippen MR) is 78.1 cm³/mol. The summed E-state index contributed by atoms with van der Waals surface area (Å²) in [5.41, 5.74) is 0.486. The summed E-state index contributed by atoms with van der Waals surface area (Å²) >= 11 is 0. The van der Waals surface area contributed by atoms with E-state index in [0.717, 1.165) is 32.8 Å². The highest BCUT2D eigenvalue weighted by Crippen LogP contribution is 2.25. The Morgan fingerprint density at radius 3 is 2.06 bits per heavy atom. The van der Waals surface area contributed by atoms with Gasteiger partial charge in [-0.05, 0) is 48.5 Å². The van der Waals surface area contributed by atoms with Gasteiger partial charge in [-0.25, -0.2) is 0 Å². The molecular formula is C15H32N2O. The van der Waals surface area contributed by atoms with Gasteiger partial charge in [0.2, 0.25) is 0 Å². The van der Waals surface area contributed by atoms with Crippen LogP contribution >= 0.6 is 0 Å². The van der Waals surface area contributed by atoms with Gasteiger partial charge in [0.25, 0.3) is 0 Å². The molecule has 1 saturated heterocycles. The second kappa shape index (κ2) is 5.89. The quantitative estimate of drug-likeness (QED) is 0.772. The summed E-state index contributed by atoms with van der Waals surface area (Å²) in [6.07, 6.45) is 0. The molecule has 0 radical (unpaired) electrons. The average molecular weight is 256 g/mol. The van der Waals surface area contributed by atoms with Gasteiger partial charge in [0, 0.05) is 43.4 Å². The van der Waals surface area contributed by atoms with Crippen molar-refractivity contribution in [1.82, 2.24) is 9.80 Å². The maximum atomic E-state index is 5.69. The SMILES string of the molecule is CCOCC1CN(C(C)(C)C)CCN1C(C)(C)C. The van der Waals surface area contributed by atoms with E-state index in [-0.39, 0.29) is 11.1 Å². The monoisotopic (exact) mass is 256 g/mol. The van der Waals surface area contributed by atoms with E-state index in [9.17, 15) is 0 Å². The standard InChI is InChI=1S/C15H32N2O/c1-8-18-12-13-11-16(14(2,3)4)9-10-17(13)15(5,6)7/h13H,8-12H2,1-7H3. The summed E-state index contributed by atoms with van der Waals surface area (Å²) in [7, 11) is 0. The first-order valence-electron chi connectivity index (χ1n) is 7.26. The van der Waals surface area contributed by atoms with Gasteiger partial charge in [-0.1, -0.05) is 0 Å². The van der Waals surface area contributed by atoms with Gasteiger partial charge in [0.05, 0.1) is 6.61 Å². The molecular weight excluding hydrogens is 224 g/mol. The number of rotatable bonds is 3. The predicted octanol–water partition coefficient (Wildman–Crippen LogP) is 2.61. The van der Waals surface area contributed by atoms with Crippen molar-refractivity contribution >= 4 is 0 Å². The van der Waals surface area contributed by atoms with Gasteiger partial charge < -0.3 is 4.74 Å². The zero-order valence-electron chi connectivity index (χ0n) is 13.4. The molecule has 0 amide bonds. The number of piperazine rings is 1. The number of hydrogen-bond acceptors (Lipinski definition) is 3. The van der Waals surface area contributed by atoms with Crippen molar-refractivity contribution < 1.29 is 4.74 Å². The van der Waals surface area contributed by atoms with Crippen LogP contribution in [0.25, 0.3) is 0 Å². The lowest BCUT2D eigenvalue weighted by molar-refractivity contribution is -0.0523. The second-order valence-electron chi connectivity index (χ2n) is 7.29. The maximum Gasteiger partial charge on any atom is 0.0634 e. The van der Waals surface area contributed by atoms with Gasteiger partial charge in [-0.2, -0.15) is 0 Å². The van der Waals surface area contributed by atoms with Crippen LogP contribution in [0.2, 0.25) is 0 Å². The van der Waals surface area contributed by atoms with Crippen LogP contribution in [0.15, 0.2) is 0 Å². The fourth-order valence-corrected chi connectivity index (χ4v) is 2.74. The van der Waals surface area contributed by atoms with E-state index in [1.54, 1.807) is 0 Å².